The summed E-state index contributed by atoms with van der Waals surface area (Å²) in [6.07, 6.45) is 3.44. The van der Waals surface area contributed by atoms with Crippen LogP contribution >= 0.6 is 11.6 Å². The summed E-state index contributed by atoms with van der Waals surface area (Å²) in [5.74, 6) is 1.96. The number of hydrogen-bond donors (Lipinski definition) is 2. The molecule has 204 valence electrons. The van der Waals surface area contributed by atoms with Crippen molar-refractivity contribution in [3.8, 4) is 23.0 Å². The highest BCUT2D eigenvalue weighted by atomic mass is 35.5. The minimum atomic E-state index is 0.443. The average Bonchev–Trinajstić information content (AvgIpc) is 2.99. The van der Waals surface area contributed by atoms with Gasteiger partial charge in [-0.05, 0) is 68.4 Å². The minimum Gasteiger partial charge on any atom is -0.399 e. The molecule has 4 heterocycles. The molecule has 8 nitrogen and oxygen atoms in total. The average molecular weight is 561 g/mol. The molecule has 0 bridgehead atoms. The van der Waals surface area contributed by atoms with E-state index in [1.54, 1.807) is 18.5 Å². The van der Waals surface area contributed by atoms with Gasteiger partial charge in [-0.15, -0.1) is 0 Å². The summed E-state index contributed by atoms with van der Waals surface area (Å²) in [6.45, 7) is 3.82. The van der Waals surface area contributed by atoms with E-state index in [0.717, 1.165) is 40.0 Å². The number of aromatic nitrogens is 6. The van der Waals surface area contributed by atoms with Gasteiger partial charge in [0.15, 0.2) is 11.6 Å². The van der Waals surface area contributed by atoms with E-state index in [1.165, 1.54) is 0 Å². The Hall–Kier alpha value is -5.21. The zero-order valence-electron chi connectivity index (χ0n) is 22.7. The molecule has 6 rings (SSSR count). The fourth-order valence-electron chi connectivity index (χ4n) is 3.50. The first kappa shape index (κ1) is 28.8. The van der Waals surface area contributed by atoms with Crippen LogP contribution in [0.3, 0.4) is 0 Å². The Balaban J connectivity index is 0.000000159. The van der Waals surface area contributed by atoms with Crippen LogP contribution in [-0.4, -0.2) is 29.9 Å². The molecule has 3 N–H and O–H groups in total. The lowest BCUT2D eigenvalue weighted by atomic mass is 10.3. The second kappa shape index (κ2) is 14.8. The Morgan fingerprint density at radius 2 is 1.10 bits per heavy atom. The molecule has 2 aromatic carbocycles. The lowest BCUT2D eigenvalue weighted by Crippen LogP contribution is -1.99. The summed E-state index contributed by atoms with van der Waals surface area (Å²) >= 11 is 5.82. The Labute approximate surface area is 244 Å². The van der Waals surface area contributed by atoms with Crippen LogP contribution in [0.15, 0.2) is 122 Å². The van der Waals surface area contributed by atoms with Gasteiger partial charge in [0, 0.05) is 41.2 Å². The van der Waals surface area contributed by atoms with Gasteiger partial charge in [-0.1, -0.05) is 60.1 Å². The Bertz CT molecular complexity index is 1620. The van der Waals surface area contributed by atoms with Crippen molar-refractivity contribution in [2.45, 2.75) is 13.8 Å². The molecule has 0 amide bonds. The van der Waals surface area contributed by atoms with Crippen molar-refractivity contribution in [3.63, 3.8) is 0 Å². The second-order valence-electron chi connectivity index (χ2n) is 8.71. The van der Waals surface area contributed by atoms with Gasteiger partial charge in [-0.25, -0.2) is 19.9 Å². The Kier molecular flexibility index (Phi) is 10.4. The van der Waals surface area contributed by atoms with Gasteiger partial charge < -0.3 is 11.1 Å². The Morgan fingerprint density at radius 1 is 0.585 bits per heavy atom. The highest BCUT2D eigenvalue weighted by Crippen LogP contribution is 2.19. The van der Waals surface area contributed by atoms with Gasteiger partial charge in [-0.2, -0.15) is 0 Å². The van der Waals surface area contributed by atoms with Crippen molar-refractivity contribution in [3.05, 3.63) is 138 Å². The third-order valence-corrected chi connectivity index (χ3v) is 5.50. The molecule has 0 saturated carbocycles. The maximum Gasteiger partial charge on any atom is 0.180 e. The highest BCUT2D eigenvalue weighted by molar-refractivity contribution is 6.29. The summed E-state index contributed by atoms with van der Waals surface area (Å²) in [6, 6.07) is 34.4. The fourth-order valence-corrected chi connectivity index (χ4v) is 3.74. The van der Waals surface area contributed by atoms with Crippen LogP contribution in [0.2, 0.25) is 5.15 Å². The van der Waals surface area contributed by atoms with E-state index in [2.05, 4.69) is 35.2 Å². The fraction of sp³-hybridized carbons (Fsp3) is 0.0625. The lowest BCUT2D eigenvalue weighted by molar-refractivity contribution is 1.09. The van der Waals surface area contributed by atoms with Gasteiger partial charge in [-0.3, -0.25) is 9.97 Å². The minimum absolute atomic E-state index is 0.443. The number of nitrogen functional groups attached to an aromatic ring is 1. The molecule has 0 aliphatic heterocycles. The second-order valence-corrected chi connectivity index (χ2v) is 9.09. The van der Waals surface area contributed by atoms with Crippen LogP contribution in [-0.2, 0) is 0 Å². The molecule has 0 atom stereocenters. The summed E-state index contributed by atoms with van der Waals surface area (Å²) in [5, 5.41) is 3.72. The molecular formula is C32H29ClN8. The highest BCUT2D eigenvalue weighted by Gasteiger charge is 2.06. The van der Waals surface area contributed by atoms with Gasteiger partial charge in [0.1, 0.15) is 22.4 Å². The van der Waals surface area contributed by atoms with Crippen molar-refractivity contribution < 1.29 is 0 Å². The van der Waals surface area contributed by atoms with Crippen molar-refractivity contribution in [2.24, 2.45) is 0 Å². The number of anilines is 3. The van der Waals surface area contributed by atoms with Gasteiger partial charge in [0.05, 0.1) is 0 Å². The summed E-state index contributed by atoms with van der Waals surface area (Å²) < 4.78 is 0. The lowest BCUT2D eigenvalue weighted by Gasteiger charge is -2.08. The van der Waals surface area contributed by atoms with Crippen molar-refractivity contribution >= 4 is 28.8 Å². The first-order chi connectivity index (χ1) is 20.0. The maximum absolute atomic E-state index is 5.82. The van der Waals surface area contributed by atoms with Crippen molar-refractivity contribution in [1.82, 2.24) is 29.9 Å². The normalized spacial score (nSPS) is 9.93. The van der Waals surface area contributed by atoms with Crippen LogP contribution < -0.4 is 11.1 Å². The van der Waals surface area contributed by atoms with E-state index < -0.39 is 0 Å². The molecule has 0 aliphatic carbocycles. The largest absolute Gasteiger partial charge is 0.399 e. The van der Waals surface area contributed by atoms with Crippen LogP contribution in [0.5, 0.6) is 0 Å². The monoisotopic (exact) mass is 560 g/mol. The topological polar surface area (TPSA) is 115 Å². The number of nitrogens with two attached hydrogens (primary N) is 1. The van der Waals surface area contributed by atoms with E-state index in [0.29, 0.717) is 16.8 Å². The zero-order valence-corrected chi connectivity index (χ0v) is 23.4. The van der Waals surface area contributed by atoms with Gasteiger partial charge in [0.25, 0.3) is 0 Å². The van der Waals surface area contributed by atoms with Crippen LogP contribution in [0.4, 0.5) is 17.2 Å². The molecule has 0 fully saturated rings. The predicted molar refractivity (Wildman–Crippen MR) is 166 cm³/mol. The number of para-hydroxylation sites is 2. The van der Waals surface area contributed by atoms with Crippen LogP contribution in [0.25, 0.3) is 23.0 Å². The summed E-state index contributed by atoms with van der Waals surface area (Å²) in [5.41, 5.74) is 10.4. The predicted octanol–water partition coefficient (Wildman–Crippen LogP) is 7.36. The number of hydrogen-bond acceptors (Lipinski definition) is 8. The SMILES string of the molecule is Cc1cc(Cl)nc(-c2ccccn2)n1.Cc1cc(Nc2ccccc2)nc(-c2ccccn2)n1.Nc1ccccc1. The molecule has 0 aliphatic rings. The summed E-state index contributed by atoms with van der Waals surface area (Å²) in [7, 11) is 0. The number of benzene rings is 2. The van der Waals surface area contributed by atoms with Gasteiger partial charge >= 0.3 is 0 Å². The molecule has 4 aromatic heterocycles. The summed E-state index contributed by atoms with van der Waals surface area (Å²) in [4.78, 5) is 25.7. The van der Waals surface area contributed by atoms with Crippen molar-refractivity contribution in [1.29, 1.82) is 0 Å². The molecule has 0 saturated heterocycles. The molecule has 41 heavy (non-hydrogen) atoms. The van der Waals surface area contributed by atoms with Crippen LogP contribution in [0.1, 0.15) is 11.4 Å². The van der Waals surface area contributed by atoms with E-state index in [-0.39, 0.29) is 0 Å². The quantitative estimate of drug-likeness (QED) is 0.170. The third kappa shape index (κ3) is 9.49. The first-order valence-electron chi connectivity index (χ1n) is 12.8. The number of halogens is 1. The molecule has 6 aromatic rings. The Morgan fingerprint density at radius 3 is 1.59 bits per heavy atom. The zero-order chi connectivity index (χ0) is 28.9. The third-order valence-electron chi connectivity index (χ3n) is 5.31. The number of pyridine rings is 2. The van der Waals surface area contributed by atoms with E-state index >= 15 is 0 Å². The van der Waals surface area contributed by atoms with E-state index in [9.17, 15) is 0 Å². The molecule has 0 spiro atoms. The standard InChI is InChI=1S/C16H14N4.C10H8ClN3.C6H7N/c1-12-11-15(19-13-7-3-2-4-8-13)20-16(18-12)14-9-5-6-10-17-14;1-7-6-9(11)14-10(13-7)8-4-2-3-5-12-8;7-6-4-2-1-3-5-6/h2-11H,1H3,(H,18,19,20);2-6H,1H3;1-5H,7H2. The molecule has 9 heteroatoms. The molecule has 0 unspecified atom stereocenters. The maximum atomic E-state index is 5.82. The molecule has 0 radical (unpaired) electrons. The smallest absolute Gasteiger partial charge is 0.180 e. The van der Waals surface area contributed by atoms with E-state index in [1.807, 2.05) is 117 Å². The first-order valence-corrected chi connectivity index (χ1v) is 13.2. The van der Waals surface area contributed by atoms with Crippen molar-refractivity contribution in [2.75, 3.05) is 11.1 Å². The van der Waals surface area contributed by atoms with Crippen LogP contribution in [0, 0.1) is 13.8 Å². The van der Waals surface area contributed by atoms with E-state index in [4.69, 9.17) is 17.3 Å². The number of nitrogens with one attached hydrogen (secondary N) is 1. The van der Waals surface area contributed by atoms with Gasteiger partial charge in [0.2, 0.25) is 0 Å². The number of aryl methyl sites for hydroxylation is 2. The molecular weight excluding hydrogens is 532 g/mol. The number of rotatable bonds is 4. The number of nitrogens with zero attached hydrogens (tertiary/aromatic N) is 6.